The number of imidazole rings is 1. The Morgan fingerprint density at radius 2 is 1.80 bits per heavy atom. The van der Waals surface area contributed by atoms with Crippen LogP contribution >= 0.6 is 0 Å². The number of carbonyl (C=O) groups excluding carboxylic acids is 2. The van der Waals surface area contributed by atoms with Gasteiger partial charge in [0.2, 0.25) is 0 Å². The van der Waals surface area contributed by atoms with Gasteiger partial charge in [0.1, 0.15) is 23.9 Å². The van der Waals surface area contributed by atoms with E-state index in [9.17, 15) is 18.8 Å². The van der Waals surface area contributed by atoms with Crippen molar-refractivity contribution in [2.24, 2.45) is 5.41 Å². The number of carboxylic acids is 1. The van der Waals surface area contributed by atoms with E-state index in [0.29, 0.717) is 17.0 Å². The molecule has 12 nitrogen and oxygen atoms in total. The molecule has 3 aromatic rings. The molecule has 0 aliphatic carbocycles. The fourth-order valence-corrected chi connectivity index (χ4v) is 4.68. The summed E-state index contributed by atoms with van der Waals surface area (Å²) in [7, 11) is 0. The number of carbonyl (C=O) groups is 3. The van der Waals surface area contributed by atoms with Gasteiger partial charge >= 0.3 is 5.97 Å². The molecular weight excluding hydrogens is 531 g/mol. The Kier molecular flexibility index (Phi) is 7.91. The van der Waals surface area contributed by atoms with E-state index in [4.69, 9.17) is 10.5 Å². The predicted molar refractivity (Wildman–Crippen MR) is 148 cm³/mol. The molecule has 1 aliphatic rings. The lowest BCUT2D eigenvalue weighted by molar-refractivity contribution is -0.137. The molecule has 1 aliphatic heterocycles. The number of nitrogens with zero attached hydrogens (tertiary/aromatic N) is 6. The summed E-state index contributed by atoms with van der Waals surface area (Å²) in [5, 5.41) is 24.9. The van der Waals surface area contributed by atoms with Crippen LogP contribution < -0.4 is 0 Å². The molecule has 3 N–H and O–H groups in total. The van der Waals surface area contributed by atoms with Gasteiger partial charge in [-0.1, -0.05) is 26.0 Å². The first kappa shape index (κ1) is 29.3. The maximum absolute atomic E-state index is 13.6. The molecule has 0 radical (unpaired) electrons. The Morgan fingerprint density at radius 3 is 2.41 bits per heavy atom. The lowest BCUT2D eigenvalue weighted by Gasteiger charge is -2.46. The molecule has 2 amide bonds. The molecule has 0 saturated carbocycles. The number of piperazine rings is 1. The van der Waals surface area contributed by atoms with E-state index in [2.05, 4.69) is 20.3 Å². The summed E-state index contributed by atoms with van der Waals surface area (Å²) in [4.78, 5) is 48.4. The number of benzene rings is 1. The molecule has 4 rings (SSSR count). The number of H-pyrrole nitrogens is 1. The average Bonchev–Trinajstić information content (AvgIpc) is 3.55. The van der Waals surface area contributed by atoms with Crippen LogP contribution in [0, 0.1) is 16.6 Å². The number of rotatable bonds is 7. The third kappa shape index (κ3) is 6.56. The summed E-state index contributed by atoms with van der Waals surface area (Å²) < 4.78 is 14.4. The Morgan fingerprint density at radius 1 is 1.12 bits per heavy atom. The van der Waals surface area contributed by atoms with Gasteiger partial charge < -0.3 is 25.3 Å². The van der Waals surface area contributed by atoms with E-state index >= 15 is 0 Å². The van der Waals surface area contributed by atoms with Crippen molar-refractivity contribution in [2.75, 3.05) is 19.6 Å². The second kappa shape index (κ2) is 11.1. The molecule has 1 fully saturated rings. The van der Waals surface area contributed by atoms with Crippen LogP contribution in [0.15, 0.2) is 42.7 Å². The average molecular weight is 565 g/mol. The summed E-state index contributed by atoms with van der Waals surface area (Å²) in [6.07, 6.45) is 4.50. The van der Waals surface area contributed by atoms with Crippen LogP contribution in [-0.2, 0) is 11.3 Å². The molecule has 0 unspecified atom stereocenters. The highest BCUT2D eigenvalue weighted by atomic mass is 19.1. The lowest BCUT2D eigenvalue weighted by Crippen LogP contribution is -2.62. The maximum atomic E-state index is 13.6. The Labute approximate surface area is 236 Å². The van der Waals surface area contributed by atoms with E-state index in [1.54, 1.807) is 15.9 Å². The Balaban J connectivity index is 1.51. The first-order valence-corrected chi connectivity index (χ1v) is 13.0. The van der Waals surface area contributed by atoms with Gasteiger partial charge in [-0.2, -0.15) is 0 Å². The first-order valence-electron chi connectivity index (χ1n) is 13.0. The number of aromatic amines is 1. The topological polar surface area (TPSA) is 161 Å². The highest BCUT2D eigenvalue weighted by molar-refractivity contribution is 6.10. The number of halogens is 1. The normalized spacial score (nSPS) is 15.6. The molecular formula is C28H33FN8O4. The summed E-state index contributed by atoms with van der Waals surface area (Å²) in [5.41, 5.74) is 0.506. The molecule has 216 valence electrons. The monoisotopic (exact) mass is 564 g/mol. The van der Waals surface area contributed by atoms with Crippen LogP contribution in [0.25, 0.3) is 5.57 Å². The van der Waals surface area contributed by atoms with Crippen molar-refractivity contribution in [3.05, 3.63) is 71.3 Å². The van der Waals surface area contributed by atoms with Crippen LogP contribution in [0.2, 0.25) is 0 Å². The van der Waals surface area contributed by atoms with Gasteiger partial charge in [-0.3, -0.25) is 14.4 Å². The largest absolute Gasteiger partial charge is 0.480 e. The molecule has 1 aromatic carbocycles. The number of aliphatic carboxylic acids is 1. The standard InChI is InChI=1S/C28H33FN8O4/c1-27(2,3)19(12-20(30)17-6-8-18(29)9-7-17)24-31-13-21(32-24)26(41)37-11-10-35(16-28(37,4)5)25(40)22-14-36(34-33-22)15-23(38)39/h6-9,12-14,30H,10-11,15-16H2,1-5H3,(H,31,32)(H,38,39)/b19-12+,30-20?. The zero-order valence-corrected chi connectivity index (χ0v) is 23.6. The molecule has 3 heterocycles. The minimum Gasteiger partial charge on any atom is -0.480 e. The second-order valence-corrected chi connectivity index (χ2v) is 11.6. The number of nitrogens with one attached hydrogen (secondary N) is 2. The van der Waals surface area contributed by atoms with E-state index in [-0.39, 0.29) is 48.5 Å². The summed E-state index contributed by atoms with van der Waals surface area (Å²) in [6.45, 7) is 9.94. The minimum absolute atomic E-state index is 0.0338. The van der Waals surface area contributed by atoms with Crippen molar-refractivity contribution in [1.29, 1.82) is 5.41 Å². The van der Waals surface area contributed by atoms with Crippen molar-refractivity contribution in [3.8, 4) is 0 Å². The molecule has 41 heavy (non-hydrogen) atoms. The number of hydrogen-bond acceptors (Lipinski definition) is 7. The molecule has 2 aromatic heterocycles. The van der Waals surface area contributed by atoms with Crippen molar-refractivity contribution in [1.82, 2.24) is 34.8 Å². The molecule has 0 bridgehead atoms. The third-order valence-electron chi connectivity index (χ3n) is 6.79. The van der Waals surface area contributed by atoms with Gasteiger partial charge in [-0.15, -0.1) is 5.10 Å². The number of allylic oxidation sites excluding steroid dienone is 2. The van der Waals surface area contributed by atoms with Crippen LogP contribution in [0.4, 0.5) is 4.39 Å². The number of aromatic nitrogens is 5. The van der Waals surface area contributed by atoms with Crippen molar-refractivity contribution >= 4 is 29.1 Å². The van der Waals surface area contributed by atoms with Crippen LogP contribution in [0.5, 0.6) is 0 Å². The zero-order chi connectivity index (χ0) is 30.1. The second-order valence-electron chi connectivity index (χ2n) is 11.6. The quantitative estimate of drug-likeness (QED) is 0.372. The molecule has 13 heteroatoms. The summed E-state index contributed by atoms with van der Waals surface area (Å²) in [6, 6.07) is 5.68. The van der Waals surface area contributed by atoms with Gasteiger partial charge in [0.15, 0.2) is 5.69 Å². The number of hydrogen-bond donors (Lipinski definition) is 3. The smallest absolute Gasteiger partial charge is 0.325 e. The molecule has 0 spiro atoms. The van der Waals surface area contributed by atoms with Crippen molar-refractivity contribution < 1.29 is 23.9 Å². The van der Waals surface area contributed by atoms with Crippen LogP contribution in [0.1, 0.15) is 67.0 Å². The Bertz CT molecular complexity index is 1510. The SMILES string of the molecule is CC(C)(C)/C(=C/C(=N)c1ccc(F)cc1)c1nc(C(=O)N2CCN(C(=O)c3cn(CC(=O)O)nn3)CC2(C)C)c[nH]1. The number of carboxylic acid groups (broad SMARTS) is 1. The number of amides is 2. The van der Waals surface area contributed by atoms with Gasteiger partial charge in [0, 0.05) is 31.4 Å². The van der Waals surface area contributed by atoms with Gasteiger partial charge in [0.25, 0.3) is 11.8 Å². The fourth-order valence-electron chi connectivity index (χ4n) is 4.68. The first-order chi connectivity index (χ1) is 19.2. The lowest BCUT2D eigenvalue weighted by atomic mass is 9.84. The van der Waals surface area contributed by atoms with E-state index in [1.807, 2.05) is 34.6 Å². The van der Waals surface area contributed by atoms with E-state index in [1.165, 1.54) is 36.7 Å². The maximum Gasteiger partial charge on any atom is 0.325 e. The fraction of sp³-hybridized carbons (Fsp3) is 0.393. The Hall–Kier alpha value is -4.68. The van der Waals surface area contributed by atoms with Crippen LogP contribution in [0.3, 0.4) is 0 Å². The van der Waals surface area contributed by atoms with E-state index in [0.717, 1.165) is 4.68 Å². The molecule has 0 atom stereocenters. The van der Waals surface area contributed by atoms with Crippen LogP contribution in [-0.4, -0.2) is 88.5 Å². The minimum atomic E-state index is -1.10. The zero-order valence-electron chi connectivity index (χ0n) is 23.6. The predicted octanol–water partition coefficient (Wildman–Crippen LogP) is 3.10. The highest BCUT2D eigenvalue weighted by Crippen LogP contribution is 2.33. The molecule has 1 saturated heterocycles. The summed E-state index contributed by atoms with van der Waals surface area (Å²) in [5.74, 6) is -1.73. The van der Waals surface area contributed by atoms with Crippen molar-refractivity contribution in [3.63, 3.8) is 0 Å². The van der Waals surface area contributed by atoms with E-state index < -0.39 is 29.4 Å². The van der Waals surface area contributed by atoms with Gasteiger partial charge in [-0.25, -0.2) is 14.1 Å². The third-order valence-corrected chi connectivity index (χ3v) is 6.79. The summed E-state index contributed by atoms with van der Waals surface area (Å²) >= 11 is 0. The van der Waals surface area contributed by atoms with Crippen molar-refractivity contribution in [2.45, 2.75) is 46.7 Å². The highest BCUT2D eigenvalue weighted by Gasteiger charge is 2.40. The van der Waals surface area contributed by atoms with Gasteiger partial charge in [0.05, 0.1) is 17.4 Å². The van der Waals surface area contributed by atoms with Gasteiger partial charge in [-0.05, 0) is 55.2 Å².